The summed E-state index contributed by atoms with van der Waals surface area (Å²) in [7, 11) is 0. The second kappa shape index (κ2) is 9.15. The van der Waals surface area contributed by atoms with Crippen LogP contribution in [-0.4, -0.2) is 34.8 Å². The predicted octanol–water partition coefficient (Wildman–Crippen LogP) is 6.70. The van der Waals surface area contributed by atoms with Gasteiger partial charge in [-0.1, -0.05) is 6.92 Å². The van der Waals surface area contributed by atoms with Gasteiger partial charge in [0.25, 0.3) is 0 Å². The highest BCUT2D eigenvalue weighted by Gasteiger charge is 2.43. The van der Waals surface area contributed by atoms with Crippen molar-refractivity contribution in [2.75, 3.05) is 23.8 Å². The van der Waals surface area contributed by atoms with Crippen LogP contribution in [0.15, 0.2) is 30.6 Å². The highest BCUT2D eigenvalue weighted by molar-refractivity contribution is 5.92. The van der Waals surface area contributed by atoms with Gasteiger partial charge in [0.05, 0.1) is 0 Å². The Bertz CT molecular complexity index is 1360. The molecule has 0 radical (unpaired) electrons. The van der Waals surface area contributed by atoms with E-state index in [1.165, 1.54) is 25.3 Å². The molecule has 2 N–H and O–H groups in total. The Morgan fingerprint density at radius 2 is 1.89 bits per heavy atom. The Morgan fingerprint density at radius 3 is 2.68 bits per heavy atom. The van der Waals surface area contributed by atoms with Crippen molar-refractivity contribution in [2.24, 2.45) is 17.8 Å². The lowest BCUT2D eigenvalue weighted by Crippen LogP contribution is -2.44. The number of nitrogens with one attached hydrogen (secondary N) is 2. The van der Waals surface area contributed by atoms with Gasteiger partial charge in [0, 0.05) is 35.5 Å². The molecule has 2 saturated carbocycles. The van der Waals surface area contributed by atoms with Gasteiger partial charge in [0.2, 0.25) is 5.88 Å². The van der Waals surface area contributed by atoms with E-state index in [9.17, 15) is 4.79 Å². The first-order valence-electron chi connectivity index (χ1n) is 13.2. The average Bonchev–Trinajstić information content (AvgIpc) is 2.83. The van der Waals surface area contributed by atoms with Crippen molar-refractivity contribution in [3.63, 3.8) is 0 Å². The van der Waals surface area contributed by atoms with E-state index in [0.717, 1.165) is 35.4 Å². The van der Waals surface area contributed by atoms with E-state index >= 15 is 4.39 Å². The van der Waals surface area contributed by atoms with Crippen LogP contribution in [0, 0.1) is 30.5 Å². The smallest absolute Gasteiger partial charge is 0.413 e. The molecule has 2 aromatic heterocycles. The normalized spacial score (nSPS) is 26.5. The zero-order valence-electron chi connectivity index (χ0n) is 21.6. The van der Waals surface area contributed by atoms with Gasteiger partial charge in [-0.25, -0.2) is 19.2 Å². The van der Waals surface area contributed by atoms with Crippen molar-refractivity contribution < 1.29 is 18.7 Å². The van der Waals surface area contributed by atoms with E-state index in [0.29, 0.717) is 53.2 Å². The van der Waals surface area contributed by atoms with Crippen LogP contribution in [0.5, 0.6) is 5.88 Å². The van der Waals surface area contributed by atoms with Crippen LogP contribution in [0.4, 0.5) is 20.7 Å². The highest BCUT2D eigenvalue weighted by Crippen LogP contribution is 2.47. The maximum Gasteiger partial charge on any atom is 0.413 e. The molecule has 2 bridgehead atoms. The molecule has 2 unspecified atom stereocenters. The van der Waals surface area contributed by atoms with Crippen molar-refractivity contribution in [3.05, 3.63) is 42.0 Å². The number of rotatable bonds is 3. The number of amides is 1. The summed E-state index contributed by atoms with van der Waals surface area (Å²) in [5.41, 5.74) is 2.33. The van der Waals surface area contributed by atoms with Gasteiger partial charge in [0.1, 0.15) is 29.5 Å². The van der Waals surface area contributed by atoms with Gasteiger partial charge in [-0.3, -0.25) is 5.32 Å². The molecule has 194 valence electrons. The van der Waals surface area contributed by atoms with Gasteiger partial charge < -0.3 is 14.8 Å². The van der Waals surface area contributed by atoms with Gasteiger partial charge in [-0.15, -0.1) is 0 Å². The third kappa shape index (κ3) is 4.69. The summed E-state index contributed by atoms with van der Waals surface area (Å²) in [6.45, 7) is 7.53. The van der Waals surface area contributed by atoms with E-state index in [-0.39, 0.29) is 5.82 Å². The fraction of sp³-hybridized carbons (Fsp3) is 0.483. The first-order valence-corrected chi connectivity index (χ1v) is 13.2. The van der Waals surface area contributed by atoms with Crippen LogP contribution in [0.25, 0.3) is 21.9 Å². The van der Waals surface area contributed by atoms with Gasteiger partial charge in [-0.2, -0.15) is 0 Å². The molecule has 2 fully saturated rings. The molecular weight excluding hydrogens is 471 g/mol. The summed E-state index contributed by atoms with van der Waals surface area (Å²) < 4.78 is 26.7. The molecule has 3 aromatic rings. The van der Waals surface area contributed by atoms with Crippen molar-refractivity contribution in [1.82, 2.24) is 9.97 Å². The van der Waals surface area contributed by atoms with Crippen LogP contribution in [-0.2, 0) is 4.74 Å². The molecule has 1 amide bonds. The lowest BCUT2D eigenvalue weighted by molar-refractivity contribution is -0.0512. The molecule has 3 aliphatic rings. The number of benzene rings is 1. The van der Waals surface area contributed by atoms with Crippen molar-refractivity contribution in [3.8, 4) is 17.0 Å². The summed E-state index contributed by atoms with van der Waals surface area (Å²) in [5.74, 6) is 2.54. The van der Waals surface area contributed by atoms with Crippen LogP contribution >= 0.6 is 0 Å². The highest BCUT2D eigenvalue weighted by atomic mass is 19.1. The fourth-order valence-electron chi connectivity index (χ4n) is 6.91. The minimum absolute atomic E-state index is 0.360. The molecule has 1 aromatic carbocycles. The standard InChI is InChI=1S/C29H33FN4O3/c1-16-6-18-8-19(7-16)13-29(3,12-18)37-28(35)34-25-11-20-9-22(24(30)10-21(20)14-32-25)23-15-33-27-26(17(23)2)31-4-5-36-27/h9-11,14-16,18-19,31H,4-8,12-13H2,1-3H3,(H,32,34,35). The molecule has 3 heterocycles. The summed E-state index contributed by atoms with van der Waals surface area (Å²) in [5, 5.41) is 7.51. The van der Waals surface area contributed by atoms with Crippen molar-refractivity contribution in [2.45, 2.75) is 58.5 Å². The monoisotopic (exact) mass is 504 g/mol. The minimum Gasteiger partial charge on any atom is -0.474 e. The van der Waals surface area contributed by atoms with Gasteiger partial charge in [0.15, 0.2) is 0 Å². The Labute approximate surface area is 216 Å². The quantitative estimate of drug-likeness (QED) is 0.413. The summed E-state index contributed by atoms with van der Waals surface area (Å²) in [6.07, 6.45) is 8.20. The maximum absolute atomic E-state index is 15.2. The molecule has 8 heteroatoms. The zero-order valence-corrected chi connectivity index (χ0v) is 21.6. The minimum atomic E-state index is -0.495. The Morgan fingerprint density at radius 1 is 1.11 bits per heavy atom. The third-order valence-electron chi connectivity index (χ3n) is 8.19. The number of ether oxygens (including phenoxy) is 2. The number of fused-ring (bicyclic) bond motifs is 4. The van der Waals surface area contributed by atoms with E-state index in [1.807, 2.05) is 6.92 Å². The van der Waals surface area contributed by atoms with Crippen LogP contribution in [0.1, 0.15) is 51.5 Å². The molecule has 0 spiro atoms. The van der Waals surface area contributed by atoms with Crippen molar-refractivity contribution in [1.29, 1.82) is 0 Å². The second-order valence-electron chi connectivity index (χ2n) is 11.4. The summed E-state index contributed by atoms with van der Waals surface area (Å²) in [6, 6.07) is 4.99. The molecule has 0 saturated heterocycles. The van der Waals surface area contributed by atoms with E-state index in [2.05, 4.69) is 34.4 Å². The zero-order chi connectivity index (χ0) is 25.7. The number of carbonyl (C=O) groups is 1. The molecule has 6 rings (SSSR count). The predicted molar refractivity (Wildman–Crippen MR) is 141 cm³/mol. The van der Waals surface area contributed by atoms with Gasteiger partial charge >= 0.3 is 6.09 Å². The number of anilines is 2. The second-order valence-corrected chi connectivity index (χ2v) is 11.4. The van der Waals surface area contributed by atoms with E-state index in [4.69, 9.17) is 9.47 Å². The summed E-state index contributed by atoms with van der Waals surface area (Å²) in [4.78, 5) is 21.6. The molecular formula is C29H33FN4O3. The summed E-state index contributed by atoms with van der Waals surface area (Å²) >= 11 is 0. The molecule has 2 atom stereocenters. The average molecular weight is 505 g/mol. The number of pyridine rings is 2. The number of carbonyl (C=O) groups excluding carboxylic acids is 1. The Balaban J connectivity index is 1.23. The number of hydrogen-bond acceptors (Lipinski definition) is 6. The topological polar surface area (TPSA) is 85.4 Å². The Hall–Kier alpha value is -3.42. The van der Waals surface area contributed by atoms with Gasteiger partial charge in [-0.05, 0) is 92.9 Å². The van der Waals surface area contributed by atoms with E-state index in [1.54, 1.807) is 24.5 Å². The number of nitrogens with zero attached hydrogens (tertiary/aromatic N) is 2. The molecule has 7 nitrogen and oxygen atoms in total. The fourth-order valence-corrected chi connectivity index (χ4v) is 6.91. The first kappa shape index (κ1) is 23.9. The Kier molecular flexibility index (Phi) is 5.92. The largest absolute Gasteiger partial charge is 0.474 e. The first-order chi connectivity index (χ1) is 17.8. The maximum atomic E-state index is 15.2. The number of halogens is 1. The van der Waals surface area contributed by atoms with Crippen LogP contribution < -0.4 is 15.4 Å². The molecule has 1 aliphatic heterocycles. The number of hydrogen-bond donors (Lipinski definition) is 2. The SMILES string of the molecule is Cc1c(-c2cc3cc(NC(=O)OC4(C)CC5CC(C)CC(C5)C4)ncc3cc2F)cnc2c1NCCO2. The van der Waals surface area contributed by atoms with Crippen LogP contribution in [0.3, 0.4) is 0 Å². The van der Waals surface area contributed by atoms with Crippen LogP contribution in [0.2, 0.25) is 0 Å². The number of aromatic nitrogens is 2. The third-order valence-corrected chi connectivity index (χ3v) is 8.19. The lowest BCUT2D eigenvalue weighted by Gasteiger charge is -2.46. The molecule has 37 heavy (non-hydrogen) atoms. The molecule has 2 aliphatic carbocycles. The lowest BCUT2D eigenvalue weighted by atomic mass is 9.64. The van der Waals surface area contributed by atoms with Crippen molar-refractivity contribution >= 4 is 28.4 Å². The van der Waals surface area contributed by atoms with E-state index < -0.39 is 11.7 Å².